The second-order valence-electron chi connectivity index (χ2n) is 7.07. The van der Waals surface area contributed by atoms with Gasteiger partial charge in [-0.15, -0.1) is 0 Å². The maximum atomic E-state index is 6.26. The molecule has 1 atom stereocenters. The molecule has 0 spiro atoms. The average Bonchev–Trinajstić information content (AvgIpc) is 2.68. The van der Waals surface area contributed by atoms with Crippen LogP contribution in [0.15, 0.2) is 24.4 Å². The Morgan fingerprint density at radius 1 is 1.14 bits per heavy atom. The van der Waals surface area contributed by atoms with Crippen molar-refractivity contribution in [1.29, 1.82) is 0 Å². The minimum Gasteiger partial charge on any atom is -0.402 e. The minimum atomic E-state index is -0.273. The lowest BCUT2D eigenvalue weighted by Gasteiger charge is -2.37. The van der Waals surface area contributed by atoms with E-state index in [2.05, 4.69) is 43.6 Å². The van der Waals surface area contributed by atoms with E-state index in [1.54, 1.807) is 0 Å². The Kier molecular flexibility index (Phi) is 3.74. The van der Waals surface area contributed by atoms with E-state index in [0.717, 1.165) is 18.8 Å². The van der Waals surface area contributed by atoms with Crippen LogP contribution >= 0.6 is 0 Å². The Hall–Kier alpha value is -1.07. The molecule has 5 heteroatoms. The van der Waals surface area contributed by atoms with Crippen molar-refractivity contribution in [2.75, 3.05) is 11.4 Å². The molecule has 114 valence electrons. The number of hydrogen-bond donors (Lipinski definition) is 0. The molecule has 2 saturated heterocycles. The highest BCUT2D eigenvalue weighted by Crippen LogP contribution is 2.40. The van der Waals surface area contributed by atoms with Gasteiger partial charge >= 0.3 is 7.12 Å². The summed E-state index contributed by atoms with van der Waals surface area (Å²) in [7, 11) is -0.183. The lowest BCUT2D eigenvalue weighted by Crippen LogP contribution is -2.51. The van der Waals surface area contributed by atoms with Crippen LogP contribution in [-0.4, -0.2) is 35.8 Å². The van der Waals surface area contributed by atoms with E-state index in [1.807, 2.05) is 18.3 Å². The maximum absolute atomic E-state index is 6.26. The SMILES string of the molecule is CC1(C)OB([C@H]2CCCCN2c2ccccn2)OC1(C)C. The van der Waals surface area contributed by atoms with Crippen LogP contribution in [0.25, 0.3) is 0 Å². The van der Waals surface area contributed by atoms with Crippen molar-refractivity contribution in [2.45, 2.75) is 64.1 Å². The van der Waals surface area contributed by atoms with Crippen LogP contribution in [0.1, 0.15) is 47.0 Å². The fourth-order valence-electron chi connectivity index (χ4n) is 3.09. The van der Waals surface area contributed by atoms with Gasteiger partial charge in [0.05, 0.1) is 17.1 Å². The van der Waals surface area contributed by atoms with Crippen LogP contribution < -0.4 is 4.90 Å². The Bertz CT molecular complexity index is 476. The van der Waals surface area contributed by atoms with Gasteiger partial charge in [-0.25, -0.2) is 4.98 Å². The lowest BCUT2D eigenvalue weighted by molar-refractivity contribution is 0.00578. The van der Waals surface area contributed by atoms with Gasteiger partial charge in [-0.1, -0.05) is 12.5 Å². The molecular formula is C16H25BN2O2. The Balaban J connectivity index is 1.83. The van der Waals surface area contributed by atoms with E-state index >= 15 is 0 Å². The zero-order valence-corrected chi connectivity index (χ0v) is 13.5. The van der Waals surface area contributed by atoms with Crippen LogP contribution in [-0.2, 0) is 9.31 Å². The average molecular weight is 288 g/mol. The van der Waals surface area contributed by atoms with Crippen LogP contribution in [0.4, 0.5) is 5.82 Å². The van der Waals surface area contributed by atoms with Crippen molar-refractivity contribution < 1.29 is 9.31 Å². The van der Waals surface area contributed by atoms with E-state index in [4.69, 9.17) is 9.31 Å². The molecule has 0 N–H and O–H groups in total. The van der Waals surface area contributed by atoms with Gasteiger partial charge < -0.3 is 14.2 Å². The molecule has 3 rings (SSSR count). The zero-order chi connectivity index (χ0) is 15.1. The smallest absolute Gasteiger partial charge is 0.402 e. The van der Waals surface area contributed by atoms with Crippen molar-refractivity contribution in [3.05, 3.63) is 24.4 Å². The quantitative estimate of drug-likeness (QED) is 0.783. The first-order valence-corrected chi connectivity index (χ1v) is 7.94. The summed E-state index contributed by atoms with van der Waals surface area (Å²) in [5.74, 6) is 1.27. The van der Waals surface area contributed by atoms with E-state index in [0.29, 0.717) is 0 Å². The van der Waals surface area contributed by atoms with Crippen molar-refractivity contribution in [1.82, 2.24) is 4.98 Å². The number of hydrogen-bond acceptors (Lipinski definition) is 4. The third-order valence-corrected chi connectivity index (χ3v) is 5.08. The molecule has 0 aliphatic carbocycles. The third kappa shape index (κ3) is 2.69. The molecule has 3 heterocycles. The molecular weight excluding hydrogens is 263 g/mol. The number of aromatic nitrogens is 1. The lowest BCUT2D eigenvalue weighted by atomic mass is 9.72. The highest BCUT2D eigenvalue weighted by atomic mass is 16.7. The van der Waals surface area contributed by atoms with Crippen molar-refractivity contribution in [3.63, 3.8) is 0 Å². The first-order chi connectivity index (χ1) is 9.91. The van der Waals surface area contributed by atoms with Gasteiger partial charge in [0.2, 0.25) is 0 Å². The van der Waals surface area contributed by atoms with Crippen molar-refractivity contribution in [2.24, 2.45) is 0 Å². The molecule has 2 aliphatic heterocycles. The number of rotatable bonds is 2. The van der Waals surface area contributed by atoms with Gasteiger partial charge in [-0.05, 0) is 52.7 Å². The summed E-state index contributed by atoms with van der Waals surface area (Å²) in [6, 6.07) is 6.07. The van der Waals surface area contributed by atoms with Gasteiger partial charge in [0.1, 0.15) is 5.82 Å². The number of nitrogens with zero attached hydrogens (tertiary/aromatic N) is 2. The molecule has 0 bridgehead atoms. The first kappa shape index (κ1) is 14.9. The van der Waals surface area contributed by atoms with E-state index in [-0.39, 0.29) is 24.3 Å². The standard InChI is InChI=1S/C16H25BN2O2/c1-15(2)16(3,4)21-17(20-15)13-9-6-8-12-19(13)14-10-5-7-11-18-14/h5,7,10-11,13H,6,8-9,12H2,1-4H3/t13-/m1/s1. The monoisotopic (exact) mass is 288 g/mol. The van der Waals surface area contributed by atoms with Gasteiger partial charge in [-0.2, -0.15) is 0 Å². The fraction of sp³-hybridized carbons (Fsp3) is 0.688. The molecule has 1 aromatic heterocycles. The highest BCUT2D eigenvalue weighted by molar-refractivity contribution is 6.48. The van der Waals surface area contributed by atoms with Crippen LogP contribution in [0, 0.1) is 0 Å². The predicted octanol–water partition coefficient (Wildman–Crippen LogP) is 3.07. The summed E-state index contributed by atoms with van der Waals surface area (Å²) in [6.45, 7) is 9.47. The number of pyridine rings is 1. The normalized spacial score (nSPS) is 27.9. The largest absolute Gasteiger partial charge is 0.482 e. The second kappa shape index (κ2) is 5.29. The molecule has 2 fully saturated rings. The van der Waals surface area contributed by atoms with Crippen LogP contribution in [0.5, 0.6) is 0 Å². The Morgan fingerprint density at radius 2 is 1.86 bits per heavy atom. The van der Waals surface area contributed by atoms with E-state index in [1.165, 1.54) is 12.8 Å². The number of piperidine rings is 1. The minimum absolute atomic E-state index is 0.183. The number of anilines is 1. The summed E-state index contributed by atoms with van der Waals surface area (Å²) in [4.78, 5) is 6.86. The van der Waals surface area contributed by atoms with Gasteiger partial charge in [-0.3, -0.25) is 0 Å². The Labute approximate surface area is 128 Å². The van der Waals surface area contributed by atoms with Crippen LogP contribution in [0.2, 0.25) is 0 Å². The fourth-order valence-corrected chi connectivity index (χ4v) is 3.09. The topological polar surface area (TPSA) is 34.6 Å². The molecule has 0 aromatic carbocycles. The summed E-state index contributed by atoms with van der Waals surface area (Å²) in [6.07, 6.45) is 5.36. The van der Waals surface area contributed by atoms with Gasteiger partial charge in [0.15, 0.2) is 0 Å². The van der Waals surface area contributed by atoms with Gasteiger partial charge in [0.25, 0.3) is 0 Å². The molecule has 4 nitrogen and oxygen atoms in total. The summed E-state index contributed by atoms with van der Waals surface area (Å²) in [5, 5.41) is 0. The van der Waals surface area contributed by atoms with Crippen molar-refractivity contribution >= 4 is 12.9 Å². The second-order valence-corrected chi connectivity index (χ2v) is 7.07. The summed E-state index contributed by atoms with van der Waals surface area (Å²) < 4.78 is 12.5. The van der Waals surface area contributed by atoms with Gasteiger partial charge in [0, 0.05) is 12.7 Å². The van der Waals surface area contributed by atoms with E-state index < -0.39 is 0 Å². The van der Waals surface area contributed by atoms with Crippen molar-refractivity contribution in [3.8, 4) is 0 Å². The molecule has 0 unspecified atom stereocenters. The summed E-state index contributed by atoms with van der Waals surface area (Å²) >= 11 is 0. The summed E-state index contributed by atoms with van der Waals surface area (Å²) in [5.41, 5.74) is -0.546. The molecule has 1 aromatic rings. The molecule has 0 amide bonds. The predicted molar refractivity (Wildman–Crippen MR) is 85.3 cm³/mol. The van der Waals surface area contributed by atoms with Crippen LogP contribution in [0.3, 0.4) is 0 Å². The highest BCUT2D eigenvalue weighted by Gasteiger charge is 2.55. The molecule has 2 aliphatic rings. The molecule has 0 saturated carbocycles. The van der Waals surface area contributed by atoms with E-state index in [9.17, 15) is 0 Å². The first-order valence-electron chi connectivity index (χ1n) is 7.94. The zero-order valence-electron chi connectivity index (χ0n) is 13.5. The molecule has 21 heavy (non-hydrogen) atoms. The third-order valence-electron chi connectivity index (χ3n) is 5.08. The Morgan fingerprint density at radius 3 is 2.48 bits per heavy atom. The maximum Gasteiger partial charge on any atom is 0.482 e. The molecule has 0 radical (unpaired) electrons.